The van der Waals surface area contributed by atoms with E-state index in [1.807, 2.05) is 25.5 Å². The second-order valence-electron chi connectivity index (χ2n) is 4.92. The van der Waals surface area contributed by atoms with Gasteiger partial charge in [0.25, 0.3) is 0 Å². The zero-order valence-electron chi connectivity index (χ0n) is 14.3. The number of hydrogen-bond acceptors (Lipinski definition) is 3. The van der Waals surface area contributed by atoms with Gasteiger partial charge >= 0.3 is 51.4 Å². The van der Waals surface area contributed by atoms with Gasteiger partial charge in [-0.3, -0.25) is 10.5 Å². The first kappa shape index (κ1) is 21.1. The fourth-order valence-electron chi connectivity index (χ4n) is 2.66. The predicted molar refractivity (Wildman–Crippen MR) is 84.0 cm³/mol. The summed E-state index contributed by atoms with van der Waals surface area (Å²) in [5.41, 5.74) is 7.08. The van der Waals surface area contributed by atoms with Crippen molar-refractivity contribution in [1.82, 2.24) is 14.7 Å². The number of nitrogens with zero attached hydrogens (tertiary/aromatic N) is 4. The van der Waals surface area contributed by atoms with Crippen molar-refractivity contribution >= 4 is 11.7 Å². The van der Waals surface area contributed by atoms with Gasteiger partial charge in [-0.25, -0.2) is 0 Å². The summed E-state index contributed by atoms with van der Waals surface area (Å²) in [6.45, 7) is 7.99. The monoisotopic (exact) mass is 318 g/mol. The minimum atomic E-state index is 0. The van der Waals surface area contributed by atoms with Gasteiger partial charge in [-0.15, -0.1) is 0 Å². The normalized spacial score (nSPS) is 18.2. The van der Waals surface area contributed by atoms with E-state index in [0.29, 0.717) is 11.6 Å². The van der Waals surface area contributed by atoms with Crippen LogP contribution in [0.2, 0.25) is 0 Å². The number of nitrogens with one attached hydrogen (secondary N) is 1. The van der Waals surface area contributed by atoms with E-state index in [4.69, 9.17) is 11.1 Å². The van der Waals surface area contributed by atoms with E-state index in [9.17, 15) is 0 Å². The van der Waals surface area contributed by atoms with Crippen molar-refractivity contribution in [2.45, 2.75) is 39.7 Å². The zero-order chi connectivity index (χ0) is 15.3. The molecule has 0 saturated carbocycles. The van der Waals surface area contributed by atoms with Crippen LogP contribution in [0.25, 0.3) is 5.32 Å². The van der Waals surface area contributed by atoms with Crippen LogP contribution >= 0.6 is 0 Å². The SMILES string of the molecule is CC.C[N-]c1c(C(=N)N)c(C)nn1C1CCCN(C)C1.[K+]. The van der Waals surface area contributed by atoms with Crippen molar-refractivity contribution in [2.75, 3.05) is 27.2 Å². The van der Waals surface area contributed by atoms with E-state index in [1.165, 1.54) is 6.42 Å². The second kappa shape index (κ2) is 9.97. The second-order valence-corrected chi connectivity index (χ2v) is 4.92. The summed E-state index contributed by atoms with van der Waals surface area (Å²) in [5, 5.41) is 16.5. The van der Waals surface area contributed by atoms with Crippen LogP contribution in [0.1, 0.15) is 44.0 Å². The average molecular weight is 319 g/mol. The molecule has 1 fully saturated rings. The van der Waals surface area contributed by atoms with Gasteiger partial charge in [0.15, 0.2) is 0 Å². The minimum absolute atomic E-state index is 0. The summed E-state index contributed by atoms with van der Waals surface area (Å²) in [7, 11) is 3.85. The Bertz CT molecular complexity index is 457. The molecule has 1 aromatic rings. The van der Waals surface area contributed by atoms with Gasteiger partial charge in [-0.2, -0.15) is 0 Å². The summed E-state index contributed by atoms with van der Waals surface area (Å²) in [6, 6.07) is 0.328. The van der Waals surface area contributed by atoms with Crippen LogP contribution < -0.4 is 57.1 Å². The van der Waals surface area contributed by atoms with Crippen molar-refractivity contribution in [2.24, 2.45) is 5.73 Å². The molecule has 0 aliphatic carbocycles. The Morgan fingerprint density at radius 1 is 1.43 bits per heavy atom. The molecule has 0 bridgehead atoms. The van der Waals surface area contributed by atoms with Crippen molar-refractivity contribution in [3.63, 3.8) is 0 Å². The summed E-state index contributed by atoms with van der Waals surface area (Å²) >= 11 is 0. The van der Waals surface area contributed by atoms with Crippen LogP contribution in [-0.2, 0) is 0 Å². The Morgan fingerprint density at radius 3 is 2.52 bits per heavy atom. The van der Waals surface area contributed by atoms with E-state index in [-0.39, 0.29) is 57.2 Å². The third-order valence-electron chi connectivity index (χ3n) is 3.49. The number of likely N-dealkylation sites (tertiary alicyclic amines) is 1. The number of rotatable bonds is 3. The molecule has 1 aromatic heterocycles. The number of hydrogen-bond donors (Lipinski definition) is 2. The quantitative estimate of drug-likeness (QED) is 0.444. The van der Waals surface area contributed by atoms with E-state index in [0.717, 1.165) is 31.0 Å². The molecule has 7 heteroatoms. The fourth-order valence-corrected chi connectivity index (χ4v) is 2.66. The minimum Gasteiger partial charge on any atom is -0.467 e. The number of nitrogen functional groups attached to an aromatic ring is 1. The van der Waals surface area contributed by atoms with E-state index in [1.54, 1.807) is 7.05 Å². The summed E-state index contributed by atoms with van der Waals surface area (Å²) in [5.74, 6) is 0.781. The molecule has 2 heterocycles. The number of amidine groups is 1. The maximum absolute atomic E-state index is 7.64. The molecule has 2 rings (SSSR count). The number of nitrogens with two attached hydrogens (primary N) is 1. The molecule has 1 atom stereocenters. The van der Waals surface area contributed by atoms with Crippen LogP contribution in [0.5, 0.6) is 0 Å². The number of aryl methyl sites for hydroxylation is 1. The molecule has 6 nitrogen and oxygen atoms in total. The Kier molecular flexibility index (Phi) is 10.0. The Balaban J connectivity index is 0.00000128. The van der Waals surface area contributed by atoms with Gasteiger partial charge in [0.05, 0.1) is 0 Å². The van der Waals surface area contributed by atoms with Gasteiger partial charge in [-0.05, 0) is 45.2 Å². The molecule has 114 valence electrons. The first-order valence-corrected chi connectivity index (χ1v) is 7.26. The Hall–Kier alpha value is 0.0764. The molecule has 1 unspecified atom stereocenters. The molecule has 0 aromatic carbocycles. The molecule has 1 saturated heterocycles. The van der Waals surface area contributed by atoms with Crippen LogP contribution in [0, 0.1) is 12.3 Å². The zero-order valence-corrected chi connectivity index (χ0v) is 17.4. The largest absolute Gasteiger partial charge is 1.00 e. The fraction of sp³-hybridized carbons (Fsp3) is 0.714. The van der Waals surface area contributed by atoms with Gasteiger partial charge < -0.3 is 20.6 Å². The van der Waals surface area contributed by atoms with Crippen molar-refractivity contribution in [3.05, 3.63) is 16.6 Å². The Morgan fingerprint density at radius 2 is 2.05 bits per heavy atom. The smallest absolute Gasteiger partial charge is 0.467 e. The molecule has 1 aliphatic rings. The topological polar surface area (TPSA) is 85.0 Å². The molecular weight excluding hydrogens is 291 g/mol. The maximum atomic E-state index is 7.64. The molecule has 21 heavy (non-hydrogen) atoms. The van der Waals surface area contributed by atoms with Gasteiger partial charge in [-0.1, -0.05) is 20.9 Å². The number of aromatic nitrogens is 2. The van der Waals surface area contributed by atoms with E-state index < -0.39 is 0 Å². The number of likely N-dealkylation sites (N-methyl/N-ethyl adjacent to an activating group) is 1. The average Bonchev–Trinajstić information content (AvgIpc) is 2.78. The molecule has 0 amide bonds. The summed E-state index contributed by atoms with van der Waals surface area (Å²) in [6.07, 6.45) is 2.27. The molecule has 3 N–H and O–H groups in total. The first-order chi connectivity index (χ1) is 9.54. The third kappa shape index (κ3) is 5.04. The molecule has 0 radical (unpaired) electrons. The van der Waals surface area contributed by atoms with Crippen molar-refractivity contribution in [3.8, 4) is 0 Å². The van der Waals surface area contributed by atoms with Crippen LogP contribution in [0.4, 0.5) is 5.82 Å². The van der Waals surface area contributed by atoms with Gasteiger partial charge in [0.1, 0.15) is 5.84 Å². The number of piperidine rings is 1. The summed E-state index contributed by atoms with van der Waals surface area (Å²) in [4.78, 5) is 2.30. The predicted octanol–water partition coefficient (Wildman–Crippen LogP) is -0.593. The van der Waals surface area contributed by atoms with Gasteiger partial charge in [0, 0.05) is 17.8 Å². The molecule has 0 spiro atoms. The van der Waals surface area contributed by atoms with Crippen LogP contribution in [-0.4, -0.2) is 47.7 Å². The van der Waals surface area contributed by atoms with Crippen molar-refractivity contribution < 1.29 is 51.4 Å². The maximum Gasteiger partial charge on any atom is 1.00 e. The Labute approximate surface area is 170 Å². The van der Waals surface area contributed by atoms with E-state index in [2.05, 4.69) is 22.4 Å². The first-order valence-electron chi connectivity index (χ1n) is 7.26. The standard InChI is InChI=1S/C12H21N6.C2H6.K/c1-8-10(11(13)14)12(15-2)18(16-8)9-5-4-6-17(3)7-9;1-2;/h9H,4-7H2,1-3H3,(H3,13,14);1-2H3;/q-1;;+1. The van der Waals surface area contributed by atoms with Crippen LogP contribution in [0.15, 0.2) is 0 Å². The summed E-state index contributed by atoms with van der Waals surface area (Å²) < 4.78 is 1.95. The van der Waals surface area contributed by atoms with Crippen molar-refractivity contribution in [1.29, 1.82) is 5.41 Å². The molecular formula is C14H27KN6. The van der Waals surface area contributed by atoms with E-state index >= 15 is 0 Å². The molecule has 1 aliphatic heterocycles. The van der Waals surface area contributed by atoms with Gasteiger partial charge in [0.2, 0.25) is 0 Å². The third-order valence-corrected chi connectivity index (χ3v) is 3.49. The van der Waals surface area contributed by atoms with Crippen LogP contribution in [0.3, 0.4) is 0 Å².